The summed E-state index contributed by atoms with van der Waals surface area (Å²) in [4.78, 5) is 27.7. The van der Waals surface area contributed by atoms with Gasteiger partial charge in [-0.05, 0) is 26.0 Å². The Bertz CT molecular complexity index is 510. The second-order valence-electron chi connectivity index (χ2n) is 5.04. The van der Waals surface area contributed by atoms with Crippen molar-refractivity contribution in [3.63, 3.8) is 0 Å². The number of ether oxygens (including phenoxy) is 1. The molecule has 1 aliphatic carbocycles. The molecule has 0 bridgehead atoms. The normalized spacial score (nSPS) is 16.7. The number of hydrogen-bond donors (Lipinski definition) is 1. The van der Waals surface area contributed by atoms with Crippen LogP contribution in [0.1, 0.15) is 52.9 Å². The zero-order chi connectivity index (χ0) is 15.3. The maximum atomic E-state index is 12.1. The van der Waals surface area contributed by atoms with Crippen molar-refractivity contribution in [2.24, 2.45) is 0 Å². The number of esters is 1. The molecule has 116 valence electrons. The molecule has 0 aliphatic heterocycles. The summed E-state index contributed by atoms with van der Waals surface area (Å²) in [5.41, 5.74) is 0.289. The summed E-state index contributed by atoms with van der Waals surface area (Å²) in [7, 11) is 0. The number of aromatic nitrogens is 1. The molecule has 1 fully saturated rings. The van der Waals surface area contributed by atoms with Gasteiger partial charge in [0.05, 0.1) is 6.61 Å². The fraction of sp³-hybridized carbons (Fsp3) is 0.643. The van der Waals surface area contributed by atoms with Gasteiger partial charge in [0.1, 0.15) is 5.69 Å². The molecule has 0 radical (unpaired) electrons. The lowest BCUT2D eigenvalue weighted by atomic mass is 10.1. The first-order chi connectivity index (χ1) is 10.1. The monoisotopic (exact) mass is 328 g/mol. The minimum absolute atomic E-state index is 0.162. The smallest absolute Gasteiger partial charge is 0.367 e. The molecule has 1 aromatic rings. The molecule has 2 rings (SSSR count). The van der Waals surface area contributed by atoms with Crippen molar-refractivity contribution in [3.8, 4) is 0 Å². The highest BCUT2D eigenvalue weighted by Crippen LogP contribution is 2.39. The number of amides is 1. The van der Waals surface area contributed by atoms with Crippen LogP contribution in [-0.2, 0) is 4.74 Å². The molecule has 1 amide bonds. The summed E-state index contributed by atoms with van der Waals surface area (Å²) in [6, 6.07) is 0. The Balaban J connectivity index is 1.93. The summed E-state index contributed by atoms with van der Waals surface area (Å²) in [6.07, 6.45) is 6.82. The molecule has 1 aromatic heterocycles. The Kier molecular flexibility index (Phi) is 5.64. The molecule has 1 aliphatic rings. The van der Waals surface area contributed by atoms with E-state index in [1.54, 1.807) is 12.3 Å². The fourth-order valence-corrected chi connectivity index (χ4v) is 4.07. The van der Waals surface area contributed by atoms with Crippen molar-refractivity contribution >= 4 is 35.0 Å². The molecule has 0 atom stereocenters. The highest BCUT2D eigenvalue weighted by atomic mass is 32.2. The molecule has 21 heavy (non-hydrogen) atoms. The van der Waals surface area contributed by atoms with E-state index in [1.807, 2.05) is 11.8 Å². The van der Waals surface area contributed by atoms with Gasteiger partial charge in [-0.2, -0.15) is 11.8 Å². The molecular weight excluding hydrogens is 308 g/mol. The Labute approximate surface area is 132 Å². The number of nitrogens with zero attached hydrogens (tertiary/aromatic N) is 1. The van der Waals surface area contributed by atoms with E-state index in [4.69, 9.17) is 4.74 Å². The van der Waals surface area contributed by atoms with E-state index < -0.39 is 5.97 Å². The first kappa shape index (κ1) is 16.3. The number of carbonyl (C=O) groups excluding carboxylic acids is 2. The third-order valence-corrected chi connectivity index (χ3v) is 5.95. The van der Waals surface area contributed by atoms with Gasteiger partial charge >= 0.3 is 5.97 Å². The summed E-state index contributed by atoms with van der Waals surface area (Å²) in [5.74, 6) is -0.694. The molecule has 5 nitrogen and oxygen atoms in total. The maximum absolute atomic E-state index is 12.1. The molecule has 0 unspecified atom stereocenters. The van der Waals surface area contributed by atoms with Crippen LogP contribution in [0.4, 0.5) is 0 Å². The third kappa shape index (κ3) is 3.97. The Morgan fingerprint density at radius 1 is 1.48 bits per heavy atom. The highest BCUT2D eigenvalue weighted by Gasteiger charge is 2.33. The Morgan fingerprint density at radius 3 is 2.81 bits per heavy atom. The molecule has 1 saturated carbocycles. The predicted octanol–water partition coefficient (Wildman–Crippen LogP) is 2.73. The second kappa shape index (κ2) is 7.26. The minimum Gasteiger partial charge on any atom is -0.461 e. The quantitative estimate of drug-likeness (QED) is 0.813. The molecule has 0 spiro atoms. The molecule has 1 N–H and O–H groups in total. The van der Waals surface area contributed by atoms with Crippen LogP contribution in [0.2, 0.25) is 0 Å². The fourth-order valence-electron chi connectivity index (χ4n) is 2.47. The van der Waals surface area contributed by atoms with Gasteiger partial charge in [0.2, 0.25) is 5.01 Å². The number of hydrogen-bond acceptors (Lipinski definition) is 6. The lowest BCUT2D eigenvalue weighted by molar-refractivity contribution is 0.0526. The third-order valence-electron chi connectivity index (χ3n) is 3.71. The maximum Gasteiger partial charge on any atom is 0.367 e. The lowest BCUT2D eigenvalue weighted by Gasteiger charge is -2.26. The van der Waals surface area contributed by atoms with Crippen molar-refractivity contribution < 1.29 is 14.3 Å². The van der Waals surface area contributed by atoms with E-state index in [0.29, 0.717) is 13.2 Å². The average Bonchev–Trinajstić information content (AvgIpc) is 3.15. The second-order valence-corrected chi connectivity index (χ2v) is 7.17. The van der Waals surface area contributed by atoms with E-state index in [-0.39, 0.29) is 21.4 Å². The average molecular weight is 328 g/mol. The first-order valence-corrected chi connectivity index (χ1v) is 9.16. The van der Waals surface area contributed by atoms with Crippen molar-refractivity contribution in [2.75, 3.05) is 19.4 Å². The Morgan fingerprint density at radius 2 is 2.19 bits per heavy atom. The van der Waals surface area contributed by atoms with E-state index >= 15 is 0 Å². The van der Waals surface area contributed by atoms with Gasteiger partial charge < -0.3 is 10.1 Å². The molecule has 1 heterocycles. The van der Waals surface area contributed by atoms with Crippen LogP contribution >= 0.6 is 23.1 Å². The van der Waals surface area contributed by atoms with Crippen LogP contribution in [0, 0.1) is 0 Å². The molecule has 7 heteroatoms. The number of nitrogens with one attached hydrogen (secondary N) is 1. The standard InChI is InChI=1S/C14H20N2O3S2/c1-3-19-13(18)12-16-10(8-21-12)11(17)15-9-14(20-2)6-4-5-7-14/h8H,3-7,9H2,1-2H3,(H,15,17). The summed E-state index contributed by atoms with van der Waals surface area (Å²) in [6.45, 7) is 2.69. The molecule has 0 saturated heterocycles. The van der Waals surface area contributed by atoms with Crippen LogP contribution in [0.5, 0.6) is 0 Å². The zero-order valence-corrected chi connectivity index (χ0v) is 13.9. The largest absolute Gasteiger partial charge is 0.461 e. The van der Waals surface area contributed by atoms with Crippen LogP contribution in [0.3, 0.4) is 0 Å². The van der Waals surface area contributed by atoms with Gasteiger partial charge in [-0.25, -0.2) is 9.78 Å². The van der Waals surface area contributed by atoms with Gasteiger partial charge in [0.15, 0.2) is 0 Å². The number of carbonyl (C=O) groups is 2. The summed E-state index contributed by atoms with van der Waals surface area (Å²) in [5, 5.41) is 4.77. The summed E-state index contributed by atoms with van der Waals surface area (Å²) < 4.78 is 5.03. The topological polar surface area (TPSA) is 68.3 Å². The SMILES string of the molecule is CCOC(=O)c1nc(C(=O)NCC2(SC)CCCC2)cs1. The van der Waals surface area contributed by atoms with E-state index in [1.165, 1.54) is 12.8 Å². The molecular formula is C14H20N2O3S2. The number of thioether (sulfide) groups is 1. The van der Waals surface area contributed by atoms with Crippen molar-refractivity contribution in [3.05, 3.63) is 16.1 Å². The van der Waals surface area contributed by atoms with Crippen molar-refractivity contribution in [1.82, 2.24) is 10.3 Å². The minimum atomic E-state index is -0.474. The van der Waals surface area contributed by atoms with Crippen LogP contribution in [0.15, 0.2) is 5.38 Å². The van der Waals surface area contributed by atoms with Crippen molar-refractivity contribution in [1.29, 1.82) is 0 Å². The van der Waals surface area contributed by atoms with Crippen LogP contribution in [-0.4, -0.2) is 41.0 Å². The first-order valence-electron chi connectivity index (χ1n) is 7.06. The van der Waals surface area contributed by atoms with Gasteiger partial charge in [-0.15, -0.1) is 11.3 Å². The van der Waals surface area contributed by atoms with Gasteiger partial charge in [0.25, 0.3) is 5.91 Å². The van der Waals surface area contributed by atoms with E-state index in [9.17, 15) is 9.59 Å². The highest BCUT2D eigenvalue weighted by molar-refractivity contribution is 8.00. The number of rotatable bonds is 6. The van der Waals surface area contributed by atoms with E-state index in [0.717, 1.165) is 24.2 Å². The van der Waals surface area contributed by atoms with Crippen molar-refractivity contribution in [2.45, 2.75) is 37.4 Å². The van der Waals surface area contributed by atoms with Gasteiger partial charge in [-0.3, -0.25) is 4.79 Å². The molecule has 0 aromatic carbocycles. The summed E-state index contributed by atoms with van der Waals surface area (Å²) >= 11 is 2.96. The number of thiazole rings is 1. The van der Waals surface area contributed by atoms with Gasteiger partial charge in [-0.1, -0.05) is 12.8 Å². The van der Waals surface area contributed by atoms with Crippen LogP contribution in [0.25, 0.3) is 0 Å². The van der Waals surface area contributed by atoms with Crippen LogP contribution < -0.4 is 5.32 Å². The predicted molar refractivity (Wildman–Crippen MR) is 85.1 cm³/mol. The Hall–Kier alpha value is -1.08. The van der Waals surface area contributed by atoms with E-state index in [2.05, 4.69) is 16.6 Å². The lowest BCUT2D eigenvalue weighted by Crippen LogP contribution is -2.38. The zero-order valence-electron chi connectivity index (χ0n) is 12.3. The van der Waals surface area contributed by atoms with Gasteiger partial charge in [0, 0.05) is 16.7 Å².